The zero-order valence-corrected chi connectivity index (χ0v) is 18.0. The molecule has 1 fully saturated rings. The molecule has 4 rings (SSSR count). The van der Waals surface area contributed by atoms with Gasteiger partial charge in [0.2, 0.25) is 5.91 Å². The summed E-state index contributed by atoms with van der Waals surface area (Å²) in [5.41, 5.74) is -0.188. The molecule has 10 heteroatoms. The predicted molar refractivity (Wildman–Crippen MR) is 117 cm³/mol. The molecule has 8 nitrogen and oxygen atoms in total. The van der Waals surface area contributed by atoms with E-state index in [2.05, 4.69) is 15.3 Å². The molecule has 0 aliphatic heterocycles. The van der Waals surface area contributed by atoms with Crippen LogP contribution in [0.5, 0.6) is 0 Å². The highest BCUT2D eigenvalue weighted by atomic mass is 32.2. The molecule has 1 N–H and O–H groups in total. The third kappa shape index (κ3) is 4.25. The van der Waals surface area contributed by atoms with Gasteiger partial charge in [0.05, 0.1) is 5.75 Å². The Bertz CT molecular complexity index is 1260. The van der Waals surface area contributed by atoms with Crippen molar-refractivity contribution >= 4 is 34.4 Å². The molecule has 2 aromatic heterocycles. The number of aryl methyl sites for hydroxylation is 1. The van der Waals surface area contributed by atoms with Crippen LogP contribution in [0.2, 0.25) is 0 Å². The quantitative estimate of drug-likeness (QED) is 0.481. The molecule has 0 unspecified atom stereocenters. The van der Waals surface area contributed by atoms with E-state index in [9.17, 15) is 18.8 Å². The predicted octanol–water partition coefficient (Wildman–Crippen LogP) is 2.55. The average molecular weight is 444 g/mol. The minimum atomic E-state index is -0.488. The van der Waals surface area contributed by atoms with Crippen molar-refractivity contribution in [1.82, 2.24) is 19.1 Å². The van der Waals surface area contributed by atoms with Crippen molar-refractivity contribution in [2.24, 2.45) is 14.1 Å². The van der Waals surface area contributed by atoms with Crippen molar-refractivity contribution < 1.29 is 9.18 Å². The Balaban J connectivity index is 1.69. The maximum Gasteiger partial charge on any atom is 0.332 e. The molecule has 0 bridgehead atoms. The van der Waals surface area contributed by atoms with Gasteiger partial charge in [0.15, 0.2) is 5.65 Å². The van der Waals surface area contributed by atoms with Gasteiger partial charge in [-0.15, -0.1) is 0 Å². The van der Waals surface area contributed by atoms with Crippen LogP contribution in [0.3, 0.4) is 0 Å². The summed E-state index contributed by atoms with van der Waals surface area (Å²) in [6.07, 6.45) is 4.09. The topological polar surface area (TPSA) is 98.9 Å². The maximum absolute atomic E-state index is 13.1. The molecule has 1 aliphatic carbocycles. The molecule has 0 radical (unpaired) electrons. The van der Waals surface area contributed by atoms with E-state index in [0.717, 1.165) is 42.0 Å². The van der Waals surface area contributed by atoms with Gasteiger partial charge in [-0.25, -0.2) is 19.2 Å². The van der Waals surface area contributed by atoms with E-state index in [4.69, 9.17) is 0 Å². The van der Waals surface area contributed by atoms with Gasteiger partial charge in [-0.3, -0.25) is 18.7 Å². The number of carbonyl (C=O) groups excluding carboxylic acids is 1. The fraction of sp³-hybridized carbons (Fsp3) is 0.381. The van der Waals surface area contributed by atoms with Crippen LogP contribution in [0.1, 0.15) is 37.4 Å². The lowest BCUT2D eigenvalue weighted by Crippen LogP contribution is -2.38. The lowest BCUT2D eigenvalue weighted by atomic mass is 10.1. The highest BCUT2D eigenvalue weighted by molar-refractivity contribution is 8.00. The van der Waals surface area contributed by atoms with E-state index in [1.54, 1.807) is 7.05 Å². The Kier molecular flexibility index (Phi) is 5.90. The second-order valence-corrected chi connectivity index (χ2v) is 8.58. The molecule has 2 heterocycles. The first kappa shape index (κ1) is 21.2. The highest BCUT2D eigenvalue weighted by Crippen LogP contribution is 2.34. The van der Waals surface area contributed by atoms with Gasteiger partial charge in [0, 0.05) is 25.7 Å². The van der Waals surface area contributed by atoms with Crippen LogP contribution in [0.4, 0.5) is 10.1 Å². The zero-order valence-electron chi connectivity index (χ0n) is 17.2. The maximum atomic E-state index is 13.1. The zero-order chi connectivity index (χ0) is 22.1. The van der Waals surface area contributed by atoms with Gasteiger partial charge in [-0.2, -0.15) is 0 Å². The minimum absolute atomic E-state index is 0.000405. The van der Waals surface area contributed by atoms with Crippen LogP contribution in [-0.2, 0) is 18.9 Å². The van der Waals surface area contributed by atoms with E-state index in [1.165, 1.54) is 35.9 Å². The van der Waals surface area contributed by atoms with Gasteiger partial charge < -0.3 is 5.32 Å². The van der Waals surface area contributed by atoms with E-state index in [0.29, 0.717) is 16.5 Å². The molecule has 31 heavy (non-hydrogen) atoms. The first-order chi connectivity index (χ1) is 14.8. The number of benzene rings is 1. The number of anilines is 1. The van der Waals surface area contributed by atoms with Crippen molar-refractivity contribution in [2.75, 3.05) is 11.1 Å². The van der Waals surface area contributed by atoms with Crippen LogP contribution in [-0.4, -0.2) is 30.8 Å². The Hall–Kier alpha value is -3.01. The first-order valence-corrected chi connectivity index (χ1v) is 11.0. The standard InChI is InChI=1S/C21H22FN5O3S/c1-26-18-16(20(29)27(2)21(26)30)19(25-17(24-18)12-5-3-4-6-12)31-11-15(28)23-14-9-7-13(22)8-10-14/h7-10,12H,3-6,11H2,1-2H3,(H,23,28). The summed E-state index contributed by atoms with van der Waals surface area (Å²) in [4.78, 5) is 46.9. The number of nitrogens with zero attached hydrogens (tertiary/aromatic N) is 4. The molecule has 162 valence electrons. The minimum Gasteiger partial charge on any atom is -0.325 e. The SMILES string of the molecule is Cn1c(=O)c2c(SCC(=O)Nc3ccc(F)cc3)nc(C3CCCC3)nc2n(C)c1=O. The van der Waals surface area contributed by atoms with Crippen LogP contribution in [0, 0.1) is 5.82 Å². The Morgan fingerprint density at radius 3 is 2.48 bits per heavy atom. The number of thioether (sulfide) groups is 1. The summed E-state index contributed by atoms with van der Waals surface area (Å²) in [6.45, 7) is 0. The number of aromatic nitrogens is 4. The van der Waals surface area contributed by atoms with Gasteiger partial charge in [0.25, 0.3) is 5.56 Å². The lowest BCUT2D eigenvalue weighted by Gasteiger charge is -2.14. The molecule has 1 saturated carbocycles. The Morgan fingerprint density at radius 2 is 1.81 bits per heavy atom. The first-order valence-electron chi connectivity index (χ1n) is 10.0. The summed E-state index contributed by atoms with van der Waals surface area (Å²) in [6, 6.07) is 5.47. The normalized spacial score (nSPS) is 14.3. The fourth-order valence-electron chi connectivity index (χ4n) is 3.78. The molecule has 1 aromatic carbocycles. The second kappa shape index (κ2) is 8.62. The molecule has 1 amide bonds. The van der Waals surface area contributed by atoms with Gasteiger partial charge >= 0.3 is 5.69 Å². The number of hydrogen-bond donors (Lipinski definition) is 1. The third-order valence-electron chi connectivity index (χ3n) is 5.47. The third-order valence-corrected chi connectivity index (χ3v) is 6.45. The Morgan fingerprint density at radius 1 is 1.13 bits per heavy atom. The largest absolute Gasteiger partial charge is 0.332 e. The molecule has 0 atom stereocenters. The second-order valence-electron chi connectivity index (χ2n) is 7.62. The lowest BCUT2D eigenvalue weighted by molar-refractivity contribution is -0.113. The number of amides is 1. The van der Waals surface area contributed by atoms with Crippen molar-refractivity contribution in [1.29, 1.82) is 0 Å². The molecule has 1 aliphatic rings. The Labute approximate surface area is 181 Å². The van der Waals surface area contributed by atoms with Crippen LogP contribution in [0.15, 0.2) is 38.9 Å². The number of halogens is 1. The van der Waals surface area contributed by atoms with Crippen molar-refractivity contribution in [2.45, 2.75) is 36.6 Å². The summed E-state index contributed by atoms with van der Waals surface area (Å²) >= 11 is 1.12. The molecule has 3 aromatic rings. The summed E-state index contributed by atoms with van der Waals surface area (Å²) in [5, 5.41) is 3.31. The summed E-state index contributed by atoms with van der Waals surface area (Å²) < 4.78 is 15.4. The number of fused-ring (bicyclic) bond motifs is 1. The molecule has 0 saturated heterocycles. The fourth-order valence-corrected chi connectivity index (χ4v) is 4.60. The van der Waals surface area contributed by atoms with E-state index in [-0.39, 0.29) is 34.4 Å². The molecular weight excluding hydrogens is 421 g/mol. The van der Waals surface area contributed by atoms with Gasteiger partial charge in [0.1, 0.15) is 22.1 Å². The van der Waals surface area contributed by atoms with Crippen LogP contribution >= 0.6 is 11.8 Å². The smallest absolute Gasteiger partial charge is 0.325 e. The summed E-state index contributed by atoms with van der Waals surface area (Å²) in [7, 11) is 2.98. The van der Waals surface area contributed by atoms with Crippen molar-refractivity contribution in [3.05, 3.63) is 56.7 Å². The summed E-state index contributed by atoms with van der Waals surface area (Å²) in [5.74, 6) is 0.0818. The van der Waals surface area contributed by atoms with Gasteiger partial charge in [-0.1, -0.05) is 24.6 Å². The van der Waals surface area contributed by atoms with Crippen LogP contribution < -0.4 is 16.6 Å². The van der Waals surface area contributed by atoms with E-state index in [1.807, 2.05) is 0 Å². The van der Waals surface area contributed by atoms with Crippen molar-refractivity contribution in [3.63, 3.8) is 0 Å². The number of hydrogen-bond acceptors (Lipinski definition) is 6. The van der Waals surface area contributed by atoms with Crippen LogP contribution in [0.25, 0.3) is 11.0 Å². The molecular formula is C21H22FN5O3S. The van der Waals surface area contributed by atoms with E-state index >= 15 is 0 Å². The monoisotopic (exact) mass is 443 g/mol. The highest BCUT2D eigenvalue weighted by Gasteiger charge is 2.24. The number of carbonyl (C=O) groups is 1. The molecule has 0 spiro atoms. The number of nitrogens with one attached hydrogen (secondary N) is 1. The number of rotatable bonds is 5. The average Bonchev–Trinajstić information content (AvgIpc) is 3.31. The van der Waals surface area contributed by atoms with Crippen molar-refractivity contribution in [3.8, 4) is 0 Å². The van der Waals surface area contributed by atoms with Gasteiger partial charge in [-0.05, 0) is 37.1 Å². The van der Waals surface area contributed by atoms with E-state index < -0.39 is 11.2 Å².